The highest BCUT2D eigenvalue weighted by Crippen LogP contribution is 2.14. The second-order valence-electron chi connectivity index (χ2n) is 7.14. The van der Waals surface area contributed by atoms with Crippen LogP contribution >= 0.6 is 0 Å². The number of ether oxygens (including phenoxy) is 1. The highest BCUT2D eigenvalue weighted by Gasteiger charge is 2.25. The van der Waals surface area contributed by atoms with Gasteiger partial charge in [-0.15, -0.1) is 0 Å². The Morgan fingerprint density at radius 3 is 2.48 bits per heavy atom. The van der Waals surface area contributed by atoms with Crippen LogP contribution in [-0.4, -0.2) is 79.3 Å². The second kappa shape index (κ2) is 8.01. The molecule has 3 heterocycles. The number of carbonyl (C=O) groups excluding carboxylic acids is 1. The lowest BCUT2D eigenvalue weighted by atomic mass is 10.2. The van der Waals surface area contributed by atoms with Crippen molar-refractivity contribution in [3.05, 3.63) is 23.9 Å². The van der Waals surface area contributed by atoms with E-state index in [2.05, 4.69) is 27.1 Å². The summed E-state index contributed by atoms with van der Waals surface area (Å²) in [7, 11) is 2.15. The summed E-state index contributed by atoms with van der Waals surface area (Å²) in [5, 5.41) is 2.99. The summed E-state index contributed by atoms with van der Waals surface area (Å²) < 4.78 is 5.67. The van der Waals surface area contributed by atoms with E-state index >= 15 is 0 Å². The van der Waals surface area contributed by atoms with Gasteiger partial charge in [0.2, 0.25) is 0 Å². The van der Waals surface area contributed by atoms with Gasteiger partial charge in [0.15, 0.2) is 0 Å². The van der Waals surface area contributed by atoms with Gasteiger partial charge in [-0.05, 0) is 32.5 Å². The van der Waals surface area contributed by atoms with Gasteiger partial charge in [-0.3, -0.25) is 0 Å². The number of hydrogen-bond acceptors (Lipinski definition) is 5. The Morgan fingerprint density at radius 1 is 1.20 bits per heavy atom. The average Bonchev–Trinajstić information content (AvgIpc) is 2.60. The fourth-order valence-electron chi connectivity index (χ4n) is 3.38. The van der Waals surface area contributed by atoms with E-state index in [1.165, 1.54) is 0 Å². The fraction of sp³-hybridized carbons (Fsp3) is 0.667. The molecule has 0 unspecified atom stereocenters. The minimum Gasteiger partial charge on any atom is -0.372 e. The van der Waals surface area contributed by atoms with E-state index in [1.54, 1.807) is 0 Å². The molecular weight excluding hydrogens is 318 g/mol. The van der Waals surface area contributed by atoms with Gasteiger partial charge in [0, 0.05) is 52.0 Å². The highest BCUT2D eigenvalue weighted by atomic mass is 16.5. The number of amides is 2. The number of nitrogens with zero attached hydrogens (tertiary/aromatic N) is 4. The third-order valence-corrected chi connectivity index (χ3v) is 4.79. The van der Waals surface area contributed by atoms with E-state index in [9.17, 15) is 4.79 Å². The van der Waals surface area contributed by atoms with E-state index < -0.39 is 0 Å². The SMILES string of the molecule is C[C@@H]1CN(C(=O)NCc2ccc(N3CCN(C)CC3)nc2)C[C@@H](C)O1. The van der Waals surface area contributed by atoms with E-state index in [0.29, 0.717) is 19.6 Å². The molecule has 0 spiro atoms. The Bertz CT molecular complexity index is 561. The summed E-state index contributed by atoms with van der Waals surface area (Å²) in [5.41, 5.74) is 1.01. The average molecular weight is 347 g/mol. The summed E-state index contributed by atoms with van der Waals surface area (Å²) in [4.78, 5) is 23.4. The van der Waals surface area contributed by atoms with Gasteiger partial charge in [-0.2, -0.15) is 0 Å². The Labute approximate surface area is 149 Å². The van der Waals surface area contributed by atoms with Crippen molar-refractivity contribution in [3.63, 3.8) is 0 Å². The number of carbonyl (C=O) groups is 1. The van der Waals surface area contributed by atoms with Crippen LogP contribution in [0.15, 0.2) is 18.3 Å². The van der Waals surface area contributed by atoms with Crippen LogP contribution in [0.25, 0.3) is 0 Å². The molecule has 1 aromatic rings. The number of aromatic nitrogens is 1. The molecule has 7 nitrogen and oxygen atoms in total. The van der Waals surface area contributed by atoms with Crippen molar-refractivity contribution in [2.24, 2.45) is 0 Å². The normalized spacial score (nSPS) is 25.1. The van der Waals surface area contributed by atoms with Gasteiger partial charge < -0.3 is 24.8 Å². The molecular formula is C18H29N5O2. The first-order valence-corrected chi connectivity index (χ1v) is 9.08. The topological polar surface area (TPSA) is 60.9 Å². The first kappa shape index (κ1) is 17.9. The van der Waals surface area contributed by atoms with Gasteiger partial charge in [0.1, 0.15) is 5.82 Å². The Morgan fingerprint density at radius 2 is 1.88 bits per heavy atom. The number of morpholine rings is 1. The molecule has 2 aliphatic heterocycles. The molecule has 138 valence electrons. The minimum atomic E-state index is -0.0369. The van der Waals surface area contributed by atoms with Gasteiger partial charge in [-0.25, -0.2) is 9.78 Å². The van der Waals surface area contributed by atoms with Crippen LogP contribution < -0.4 is 10.2 Å². The lowest BCUT2D eigenvalue weighted by molar-refractivity contribution is -0.0545. The zero-order chi connectivity index (χ0) is 17.8. The smallest absolute Gasteiger partial charge is 0.317 e. The molecule has 0 aliphatic carbocycles. The molecule has 0 aromatic carbocycles. The second-order valence-corrected chi connectivity index (χ2v) is 7.14. The molecule has 25 heavy (non-hydrogen) atoms. The monoisotopic (exact) mass is 347 g/mol. The number of pyridine rings is 1. The van der Waals surface area contributed by atoms with Crippen LogP contribution in [0.1, 0.15) is 19.4 Å². The van der Waals surface area contributed by atoms with Crippen LogP contribution in [0.4, 0.5) is 10.6 Å². The number of rotatable bonds is 3. The van der Waals surface area contributed by atoms with Gasteiger partial charge in [0.25, 0.3) is 0 Å². The van der Waals surface area contributed by atoms with Crippen molar-refractivity contribution >= 4 is 11.8 Å². The number of urea groups is 1. The minimum absolute atomic E-state index is 0.0369. The van der Waals surface area contributed by atoms with Crippen LogP contribution in [0.3, 0.4) is 0 Å². The lowest BCUT2D eigenvalue weighted by Crippen LogP contribution is -2.51. The molecule has 2 aliphatic rings. The maximum absolute atomic E-state index is 12.3. The van der Waals surface area contributed by atoms with E-state index in [0.717, 1.165) is 37.6 Å². The largest absolute Gasteiger partial charge is 0.372 e. The lowest BCUT2D eigenvalue weighted by Gasteiger charge is -2.35. The number of likely N-dealkylation sites (N-methyl/N-ethyl adjacent to an activating group) is 1. The fourth-order valence-corrected chi connectivity index (χ4v) is 3.38. The van der Waals surface area contributed by atoms with E-state index in [-0.39, 0.29) is 18.2 Å². The number of piperazine rings is 1. The van der Waals surface area contributed by atoms with Crippen molar-refractivity contribution in [3.8, 4) is 0 Å². The molecule has 1 aromatic heterocycles. The van der Waals surface area contributed by atoms with Crippen LogP contribution in [0, 0.1) is 0 Å². The highest BCUT2D eigenvalue weighted by molar-refractivity contribution is 5.74. The molecule has 2 amide bonds. The number of nitrogens with one attached hydrogen (secondary N) is 1. The first-order chi connectivity index (χ1) is 12.0. The molecule has 0 bridgehead atoms. The van der Waals surface area contributed by atoms with E-state index in [4.69, 9.17) is 4.74 Å². The van der Waals surface area contributed by atoms with Gasteiger partial charge >= 0.3 is 6.03 Å². The molecule has 7 heteroatoms. The van der Waals surface area contributed by atoms with Gasteiger partial charge in [-0.1, -0.05) is 6.07 Å². The molecule has 3 rings (SSSR count). The summed E-state index contributed by atoms with van der Waals surface area (Å²) in [6, 6.07) is 4.06. The predicted octanol–water partition coefficient (Wildman–Crippen LogP) is 1.15. The summed E-state index contributed by atoms with van der Waals surface area (Å²) in [6.45, 7) is 9.90. The Hall–Kier alpha value is -1.86. The van der Waals surface area contributed by atoms with Crippen molar-refractivity contribution in [1.82, 2.24) is 20.1 Å². The number of hydrogen-bond donors (Lipinski definition) is 1. The third kappa shape index (κ3) is 4.83. The third-order valence-electron chi connectivity index (χ3n) is 4.79. The summed E-state index contributed by atoms with van der Waals surface area (Å²) in [6.07, 6.45) is 2.02. The molecule has 0 saturated carbocycles. The Kier molecular flexibility index (Phi) is 5.75. The molecule has 2 saturated heterocycles. The van der Waals surface area contributed by atoms with Gasteiger partial charge in [0.05, 0.1) is 12.2 Å². The van der Waals surface area contributed by atoms with Crippen LogP contribution in [0.5, 0.6) is 0 Å². The molecule has 2 fully saturated rings. The Balaban J connectivity index is 1.49. The van der Waals surface area contributed by atoms with Crippen molar-refractivity contribution in [1.29, 1.82) is 0 Å². The predicted molar refractivity (Wildman–Crippen MR) is 97.8 cm³/mol. The first-order valence-electron chi connectivity index (χ1n) is 9.08. The van der Waals surface area contributed by atoms with Crippen LogP contribution in [-0.2, 0) is 11.3 Å². The zero-order valence-corrected chi connectivity index (χ0v) is 15.4. The molecule has 1 N–H and O–H groups in total. The summed E-state index contributed by atoms with van der Waals surface area (Å²) >= 11 is 0. The zero-order valence-electron chi connectivity index (χ0n) is 15.4. The van der Waals surface area contributed by atoms with Crippen molar-refractivity contribution in [2.45, 2.75) is 32.6 Å². The van der Waals surface area contributed by atoms with Crippen molar-refractivity contribution in [2.75, 3.05) is 51.2 Å². The molecule has 2 atom stereocenters. The van der Waals surface area contributed by atoms with E-state index in [1.807, 2.05) is 37.1 Å². The maximum atomic E-state index is 12.3. The number of anilines is 1. The van der Waals surface area contributed by atoms with Crippen LogP contribution in [0.2, 0.25) is 0 Å². The van der Waals surface area contributed by atoms with Crippen molar-refractivity contribution < 1.29 is 9.53 Å². The molecule has 0 radical (unpaired) electrons. The summed E-state index contributed by atoms with van der Waals surface area (Å²) in [5.74, 6) is 1.01. The standard InChI is InChI=1S/C18H29N5O2/c1-14-12-23(13-15(2)25-14)18(24)20-11-16-4-5-17(19-10-16)22-8-6-21(3)7-9-22/h4-5,10,14-15H,6-9,11-13H2,1-3H3,(H,20,24)/t14-,15-/m1/s1. The quantitative estimate of drug-likeness (QED) is 0.889. The maximum Gasteiger partial charge on any atom is 0.317 e.